The van der Waals surface area contributed by atoms with Crippen LogP contribution in [0.15, 0.2) is 16.1 Å². The van der Waals surface area contributed by atoms with Crippen molar-refractivity contribution in [2.75, 3.05) is 5.88 Å². The third kappa shape index (κ3) is 1.79. The van der Waals surface area contributed by atoms with Crippen LogP contribution < -0.4 is 0 Å². The first-order chi connectivity index (χ1) is 6.90. The van der Waals surface area contributed by atoms with Gasteiger partial charge in [-0.25, -0.2) is 0 Å². The molecule has 2 aliphatic heterocycles. The van der Waals surface area contributed by atoms with Gasteiger partial charge in [0.2, 0.25) is 0 Å². The lowest BCUT2D eigenvalue weighted by Crippen LogP contribution is -2.38. The minimum atomic E-state index is 0. The largest absolute Gasteiger partial charge is 0.318 e. The minimum Gasteiger partial charge on any atom is -0.318 e. The SMILES string of the molecule is Cl.ClCC1=CSC2=N[C@@H]3CCCC[C@H]3N12. The maximum absolute atomic E-state index is 5.93. The van der Waals surface area contributed by atoms with Crippen molar-refractivity contribution in [2.45, 2.75) is 37.8 Å². The molecule has 3 rings (SSSR count). The van der Waals surface area contributed by atoms with Crippen LogP contribution in [0.5, 0.6) is 0 Å². The summed E-state index contributed by atoms with van der Waals surface area (Å²) in [4.78, 5) is 7.14. The Kier molecular flexibility index (Phi) is 3.53. The summed E-state index contributed by atoms with van der Waals surface area (Å²) in [5.41, 5.74) is 1.25. The Morgan fingerprint density at radius 3 is 3.07 bits per heavy atom. The molecule has 0 unspecified atom stereocenters. The van der Waals surface area contributed by atoms with Crippen LogP contribution in [-0.4, -0.2) is 28.0 Å². The average molecular weight is 265 g/mol. The zero-order valence-electron chi connectivity index (χ0n) is 8.36. The Morgan fingerprint density at radius 2 is 2.27 bits per heavy atom. The van der Waals surface area contributed by atoms with Crippen molar-refractivity contribution in [3.05, 3.63) is 11.1 Å². The van der Waals surface area contributed by atoms with Crippen LogP contribution in [0.2, 0.25) is 0 Å². The molecule has 1 saturated carbocycles. The van der Waals surface area contributed by atoms with Crippen molar-refractivity contribution >= 4 is 40.9 Å². The van der Waals surface area contributed by atoms with Gasteiger partial charge in [0, 0.05) is 5.70 Å². The number of allylic oxidation sites excluding steroid dienone is 1. The van der Waals surface area contributed by atoms with Crippen molar-refractivity contribution in [2.24, 2.45) is 4.99 Å². The molecule has 1 aliphatic carbocycles. The number of hydrogen-bond acceptors (Lipinski definition) is 3. The summed E-state index contributed by atoms with van der Waals surface area (Å²) in [6.07, 6.45) is 5.24. The van der Waals surface area contributed by atoms with Gasteiger partial charge >= 0.3 is 0 Å². The van der Waals surface area contributed by atoms with Crippen LogP contribution in [0.25, 0.3) is 0 Å². The lowest BCUT2D eigenvalue weighted by Gasteiger charge is -2.31. The van der Waals surface area contributed by atoms with E-state index in [4.69, 9.17) is 16.6 Å². The number of nitrogens with zero attached hydrogens (tertiary/aromatic N) is 2. The van der Waals surface area contributed by atoms with E-state index in [1.165, 1.54) is 36.5 Å². The first-order valence-electron chi connectivity index (χ1n) is 5.19. The third-order valence-corrected chi connectivity index (χ3v) is 4.43. The number of amidine groups is 1. The van der Waals surface area contributed by atoms with E-state index < -0.39 is 0 Å². The van der Waals surface area contributed by atoms with E-state index >= 15 is 0 Å². The van der Waals surface area contributed by atoms with Gasteiger partial charge in [0.25, 0.3) is 0 Å². The van der Waals surface area contributed by atoms with E-state index in [0.29, 0.717) is 18.0 Å². The predicted molar refractivity (Wildman–Crippen MR) is 69.0 cm³/mol. The van der Waals surface area contributed by atoms with Gasteiger partial charge in [-0.3, -0.25) is 4.99 Å². The number of halogens is 2. The molecule has 0 N–H and O–H groups in total. The minimum absolute atomic E-state index is 0. The molecule has 2 heterocycles. The molecule has 84 valence electrons. The van der Waals surface area contributed by atoms with Gasteiger partial charge in [-0.2, -0.15) is 0 Å². The Bertz CT molecular complexity index is 317. The second kappa shape index (κ2) is 4.56. The highest BCUT2D eigenvalue weighted by Gasteiger charge is 2.41. The van der Waals surface area contributed by atoms with Crippen molar-refractivity contribution in [3.8, 4) is 0 Å². The third-order valence-electron chi connectivity index (χ3n) is 3.25. The van der Waals surface area contributed by atoms with Crippen molar-refractivity contribution in [3.63, 3.8) is 0 Å². The zero-order chi connectivity index (χ0) is 9.54. The fourth-order valence-corrected chi connectivity index (χ4v) is 3.88. The Morgan fingerprint density at radius 1 is 1.47 bits per heavy atom. The predicted octanol–water partition coefficient (Wildman–Crippen LogP) is 3.22. The molecule has 0 aromatic heterocycles. The summed E-state index contributed by atoms with van der Waals surface area (Å²) in [6, 6.07) is 1.18. The highest BCUT2D eigenvalue weighted by molar-refractivity contribution is 8.16. The maximum Gasteiger partial charge on any atom is 0.168 e. The Balaban J connectivity index is 0.000000853. The first kappa shape index (κ1) is 11.6. The molecule has 3 aliphatic rings. The molecule has 0 saturated heterocycles. The molecule has 0 bridgehead atoms. The monoisotopic (exact) mass is 264 g/mol. The number of aliphatic imine (C=N–C) groups is 1. The maximum atomic E-state index is 5.93. The van der Waals surface area contributed by atoms with E-state index in [0.717, 1.165) is 0 Å². The smallest absolute Gasteiger partial charge is 0.168 e. The quantitative estimate of drug-likeness (QED) is 0.676. The summed E-state index contributed by atoms with van der Waals surface area (Å²) in [5.74, 6) is 0.620. The van der Waals surface area contributed by atoms with E-state index in [9.17, 15) is 0 Å². The van der Waals surface area contributed by atoms with Crippen LogP contribution in [0.1, 0.15) is 25.7 Å². The van der Waals surface area contributed by atoms with Gasteiger partial charge in [-0.05, 0) is 18.2 Å². The number of hydrogen-bond donors (Lipinski definition) is 0. The van der Waals surface area contributed by atoms with E-state index in [1.54, 1.807) is 11.8 Å². The summed E-state index contributed by atoms with van der Waals surface area (Å²) in [6.45, 7) is 0. The molecule has 1 fully saturated rings. The molecular formula is C10H14Cl2N2S. The van der Waals surface area contributed by atoms with Gasteiger partial charge in [0.05, 0.1) is 18.0 Å². The highest BCUT2D eigenvalue weighted by Crippen LogP contribution is 2.40. The standard InChI is InChI=1S/C10H13ClN2S.ClH/c11-5-7-6-14-10-12-8-3-1-2-4-9(8)13(7)10;/h6,8-9H,1-5H2;1H/t8-,9-;/m1./s1. The summed E-state index contributed by atoms with van der Waals surface area (Å²) >= 11 is 7.67. The van der Waals surface area contributed by atoms with E-state index in [-0.39, 0.29) is 12.4 Å². The molecule has 5 heteroatoms. The van der Waals surface area contributed by atoms with Crippen LogP contribution in [0, 0.1) is 0 Å². The zero-order valence-corrected chi connectivity index (χ0v) is 10.7. The molecule has 15 heavy (non-hydrogen) atoms. The number of thioether (sulfide) groups is 1. The van der Waals surface area contributed by atoms with Crippen molar-refractivity contribution < 1.29 is 0 Å². The second-order valence-electron chi connectivity index (χ2n) is 4.06. The van der Waals surface area contributed by atoms with Crippen molar-refractivity contribution in [1.29, 1.82) is 0 Å². The molecule has 2 nitrogen and oxygen atoms in total. The number of rotatable bonds is 1. The summed E-state index contributed by atoms with van der Waals surface area (Å²) in [7, 11) is 0. The molecule has 0 amide bonds. The molecule has 0 spiro atoms. The fourth-order valence-electron chi connectivity index (χ4n) is 2.59. The van der Waals surface area contributed by atoms with Gasteiger partial charge in [0.15, 0.2) is 5.17 Å². The molecule has 2 atom stereocenters. The first-order valence-corrected chi connectivity index (χ1v) is 6.60. The van der Waals surface area contributed by atoms with E-state index in [1.807, 2.05) is 0 Å². The molecule has 0 aromatic carbocycles. The lowest BCUT2D eigenvalue weighted by atomic mass is 9.91. The van der Waals surface area contributed by atoms with Crippen LogP contribution in [-0.2, 0) is 0 Å². The van der Waals surface area contributed by atoms with Gasteiger partial charge in [-0.1, -0.05) is 24.6 Å². The van der Waals surface area contributed by atoms with Crippen LogP contribution in [0.3, 0.4) is 0 Å². The molecular weight excluding hydrogens is 251 g/mol. The van der Waals surface area contributed by atoms with Crippen molar-refractivity contribution in [1.82, 2.24) is 4.90 Å². The molecule has 0 aromatic rings. The average Bonchev–Trinajstić information content (AvgIpc) is 2.75. The highest BCUT2D eigenvalue weighted by atomic mass is 35.5. The van der Waals surface area contributed by atoms with Gasteiger partial charge in [0.1, 0.15) is 0 Å². The second-order valence-corrected chi connectivity index (χ2v) is 5.17. The topological polar surface area (TPSA) is 15.6 Å². The van der Waals surface area contributed by atoms with Gasteiger partial charge in [-0.15, -0.1) is 24.0 Å². The van der Waals surface area contributed by atoms with E-state index in [2.05, 4.69) is 10.3 Å². The Labute approximate surface area is 106 Å². The molecule has 0 radical (unpaired) electrons. The van der Waals surface area contributed by atoms with Gasteiger partial charge < -0.3 is 4.90 Å². The summed E-state index contributed by atoms with van der Waals surface area (Å²) in [5, 5.41) is 3.34. The lowest BCUT2D eigenvalue weighted by molar-refractivity contribution is 0.285. The fraction of sp³-hybridized carbons (Fsp3) is 0.700. The van der Waals surface area contributed by atoms with Crippen LogP contribution >= 0.6 is 35.8 Å². The summed E-state index contributed by atoms with van der Waals surface area (Å²) < 4.78 is 0. The Hall–Kier alpha value is 0.140. The number of alkyl halides is 1. The normalized spacial score (nSPS) is 32.7. The number of fused-ring (bicyclic) bond motifs is 3. The van der Waals surface area contributed by atoms with Crippen LogP contribution in [0.4, 0.5) is 0 Å².